The minimum atomic E-state index is -1.45. The van der Waals surface area contributed by atoms with Crippen LogP contribution in [0, 0.1) is 0 Å². The highest BCUT2D eigenvalue weighted by atomic mass is 16.5. The van der Waals surface area contributed by atoms with Gasteiger partial charge in [0.2, 0.25) is 0 Å². The molecule has 58 valence electrons. The van der Waals surface area contributed by atoms with Crippen molar-refractivity contribution in [3.8, 4) is 0 Å². The summed E-state index contributed by atoms with van der Waals surface area (Å²) in [6, 6.07) is 0. The number of hydrogen-bond donors (Lipinski definition) is 1. The standard InChI is InChI=1S/C7H6O4/c8-6(7(9)10)5-2-1-3-11-4-5/h1-3H,4H2,(H,9,10). The van der Waals surface area contributed by atoms with Gasteiger partial charge in [-0.15, -0.1) is 0 Å². The molecule has 1 heterocycles. The van der Waals surface area contributed by atoms with E-state index in [0.717, 1.165) is 0 Å². The van der Waals surface area contributed by atoms with Crippen molar-refractivity contribution in [2.45, 2.75) is 0 Å². The number of aliphatic carboxylic acids is 1. The molecule has 0 unspecified atom stereocenters. The maximum atomic E-state index is 10.7. The largest absolute Gasteiger partial charge is 0.496 e. The molecule has 1 aliphatic heterocycles. The van der Waals surface area contributed by atoms with Gasteiger partial charge in [-0.25, -0.2) is 4.79 Å². The van der Waals surface area contributed by atoms with Gasteiger partial charge in [0.1, 0.15) is 6.61 Å². The highest BCUT2D eigenvalue weighted by molar-refractivity contribution is 6.39. The SMILES string of the molecule is O=C(O)C(=O)C1=CC=COC1. The minimum absolute atomic E-state index is 0.0433. The second-order valence-electron chi connectivity index (χ2n) is 1.97. The van der Waals surface area contributed by atoms with Gasteiger partial charge in [0.05, 0.1) is 6.26 Å². The lowest BCUT2D eigenvalue weighted by atomic mass is 10.1. The molecule has 0 aromatic carbocycles. The van der Waals surface area contributed by atoms with Crippen molar-refractivity contribution in [2.75, 3.05) is 6.61 Å². The molecular weight excluding hydrogens is 148 g/mol. The fourth-order valence-electron chi connectivity index (χ4n) is 0.676. The Hall–Kier alpha value is -1.58. The second kappa shape index (κ2) is 3.01. The van der Waals surface area contributed by atoms with E-state index in [0.29, 0.717) is 0 Å². The number of carbonyl (C=O) groups is 2. The summed E-state index contributed by atoms with van der Waals surface area (Å²) in [5.41, 5.74) is 0.167. The predicted molar refractivity (Wildman–Crippen MR) is 35.8 cm³/mol. The van der Waals surface area contributed by atoms with Crippen molar-refractivity contribution in [1.82, 2.24) is 0 Å². The number of allylic oxidation sites excluding steroid dienone is 2. The predicted octanol–water partition coefficient (Wildman–Crippen LogP) is 0.110. The third kappa shape index (κ3) is 1.67. The number of carboxylic acid groups (broad SMARTS) is 1. The van der Waals surface area contributed by atoms with Crippen LogP contribution in [0.4, 0.5) is 0 Å². The molecule has 0 atom stereocenters. The van der Waals surface area contributed by atoms with E-state index in [9.17, 15) is 9.59 Å². The molecule has 0 saturated heterocycles. The van der Waals surface area contributed by atoms with E-state index in [-0.39, 0.29) is 12.2 Å². The lowest BCUT2D eigenvalue weighted by Crippen LogP contribution is -2.18. The zero-order chi connectivity index (χ0) is 8.27. The first-order chi connectivity index (χ1) is 5.22. The van der Waals surface area contributed by atoms with Gasteiger partial charge in [-0.3, -0.25) is 4.79 Å². The van der Waals surface area contributed by atoms with Gasteiger partial charge >= 0.3 is 5.97 Å². The maximum absolute atomic E-state index is 10.7. The van der Waals surface area contributed by atoms with Crippen LogP contribution in [-0.4, -0.2) is 23.5 Å². The average molecular weight is 154 g/mol. The molecule has 4 nitrogen and oxygen atoms in total. The Morgan fingerprint density at radius 1 is 1.55 bits per heavy atom. The Labute approximate surface area is 62.8 Å². The average Bonchev–Trinajstić information content (AvgIpc) is 2.05. The van der Waals surface area contributed by atoms with Gasteiger partial charge in [0, 0.05) is 5.57 Å². The smallest absolute Gasteiger partial charge is 0.377 e. The molecule has 0 bridgehead atoms. The van der Waals surface area contributed by atoms with Crippen LogP contribution in [0.3, 0.4) is 0 Å². The zero-order valence-electron chi connectivity index (χ0n) is 5.61. The van der Waals surface area contributed by atoms with E-state index in [1.54, 1.807) is 0 Å². The Morgan fingerprint density at radius 2 is 2.27 bits per heavy atom. The first kappa shape index (κ1) is 7.53. The summed E-state index contributed by atoms with van der Waals surface area (Å²) in [4.78, 5) is 20.8. The van der Waals surface area contributed by atoms with Gasteiger partial charge < -0.3 is 9.84 Å². The number of hydrogen-bond acceptors (Lipinski definition) is 3. The maximum Gasteiger partial charge on any atom is 0.377 e. The summed E-state index contributed by atoms with van der Waals surface area (Å²) in [5, 5.41) is 8.26. The highest BCUT2D eigenvalue weighted by Gasteiger charge is 2.17. The first-order valence-corrected chi connectivity index (χ1v) is 2.97. The number of ketones is 1. The Bertz CT molecular complexity index is 249. The first-order valence-electron chi connectivity index (χ1n) is 2.97. The van der Waals surface area contributed by atoms with Crippen LogP contribution >= 0.6 is 0 Å². The molecule has 0 spiro atoms. The van der Waals surface area contributed by atoms with Gasteiger partial charge in [0.15, 0.2) is 0 Å². The molecule has 4 heteroatoms. The number of carboxylic acids is 1. The van der Waals surface area contributed by atoms with Crippen LogP contribution in [0.25, 0.3) is 0 Å². The Balaban J connectivity index is 2.74. The molecule has 0 aliphatic carbocycles. The quantitative estimate of drug-likeness (QED) is 0.573. The van der Waals surface area contributed by atoms with E-state index in [1.165, 1.54) is 18.4 Å². The molecule has 1 rings (SSSR count). The van der Waals surface area contributed by atoms with Crippen LogP contribution in [0.1, 0.15) is 0 Å². The summed E-state index contributed by atoms with van der Waals surface area (Å²) < 4.78 is 4.72. The molecule has 1 aliphatic rings. The summed E-state index contributed by atoms with van der Waals surface area (Å²) in [7, 11) is 0. The fraction of sp³-hybridized carbons (Fsp3) is 0.143. The van der Waals surface area contributed by atoms with Crippen molar-refractivity contribution < 1.29 is 19.4 Å². The molecule has 0 amide bonds. The molecule has 0 aromatic rings. The topological polar surface area (TPSA) is 63.6 Å². The molecule has 11 heavy (non-hydrogen) atoms. The lowest BCUT2D eigenvalue weighted by molar-refractivity contribution is -0.147. The van der Waals surface area contributed by atoms with E-state index >= 15 is 0 Å². The zero-order valence-corrected chi connectivity index (χ0v) is 5.61. The van der Waals surface area contributed by atoms with E-state index in [1.807, 2.05) is 0 Å². The molecule has 0 fully saturated rings. The van der Waals surface area contributed by atoms with E-state index < -0.39 is 11.8 Å². The van der Waals surface area contributed by atoms with Crippen molar-refractivity contribution in [2.24, 2.45) is 0 Å². The third-order valence-electron chi connectivity index (χ3n) is 1.20. The van der Waals surface area contributed by atoms with E-state index in [2.05, 4.69) is 0 Å². The summed E-state index contributed by atoms with van der Waals surface area (Å²) in [6.45, 7) is 0.0433. The molecule has 0 aromatic heterocycles. The van der Waals surface area contributed by atoms with Crippen LogP contribution in [0.5, 0.6) is 0 Å². The third-order valence-corrected chi connectivity index (χ3v) is 1.20. The number of ether oxygens (including phenoxy) is 1. The van der Waals surface area contributed by atoms with Crippen molar-refractivity contribution in [1.29, 1.82) is 0 Å². The van der Waals surface area contributed by atoms with Gasteiger partial charge in [0.25, 0.3) is 5.78 Å². The van der Waals surface area contributed by atoms with Crippen molar-refractivity contribution in [3.63, 3.8) is 0 Å². The molecule has 0 radical (unpaired) electrons. The fourth-order valence-corrected chi connectivity index (χ4v) is 0.676. The van der Waals surface area contributed by atoms with Crippen LogP contribution in [0.15, 0.2) is 24.0 Å². The second-order valence-corrected chi connectivity index (χ2v) is 1.97. The number of rotatable bonds is 2. The Kier molecular flexibility index (Phi) is 2.06. The summed E-state index contributed by atoms with van der Waals surface area (Å²) in [5.74, 6) is -2.36. The van der Waals surface area contributed by atoms with Gasteiger partial charge in [-0.2, -0.15) is 0 Å². The number of Topliss-reactive ketones (excluding diaryl/α,β-unsaturated/α-hetero) is 1. The Morgan fingerprint density at radius 3 is 2.73 bits per heavy atom. The molecule has 0 saturated carbocycles. The highest BCUT2D eigenvalue weighted by Crippen LogP contribution is 2.03. The van der Waals surface area contributed by atoms with Crippen molar-refractivity contribution >= 4 is 11.8 Å². The summed E-state index contributed by atoms with van der Waals surface area (Å²) in [6.07, 6.45) is 4.32. The number of carbonyl (C=O) groups excluding carboxylic acids is 1. The van der Waals surface area contributed by atoms with Crippen LogP contribution in [0.2, 0.25) is 0 Å². The minimum Gasteiger partial charge on any atom is -0.496 e. The monoisotopic (exact) mass is 154 g/mol. The van der Waals surface area contributed by atoms with E-state index in [4.69, 9.17) is 9.84 Å². The molecule has 1 N–H and O–H groups in total. The van der Waals surface area contributed by atoms with Crippen molar-refractivity contribution in [3.05, 3.63) is 24.0 Å². The normalized spacial score (nSPS) is 15.1. The molecular formula is C7H6O4. The summed E-state index contributed by atoms with van der Waals surface area (Å²) >= 11 is 0. The van der Waals surface area contributed by atoms with Crippen LogP contribution in [-0.2, 0) is 14.3 Å². The lowest BCUT2D eigenvalue weighted by Gasteiger charge is -2.05. The van der Waals surface area contributed by atoms with Gasteiger partial charge in [-0.1, -0.05) is 0 Å². The van der Waals surface area contributed by atoms with Gasteiger partial charge in [-0.05, 0) is 12.2 Å². The van der Waals surface area contributed by atoms with Crippen LogP contribution < -0.4 is 0 Å².